The zero-order valence-corrected chi connectivity index (χ0v) is 11.3. The summed E-state index contributed by atoms with van der Waals surface area (Å²) in [7, 11) is 0. The molecule has 3 N–H and O–H groups in total. The third-order valence-corrected chi connectivity index (χ3v) is 4.56. The van der Waals surface area contributed by atoms with Gasteiger partial charge in [-0.1, -0.05) is 30.9 Å². The fraction of sp³-hybridized carbons (Fsp3) is 0.500. The van der Waals surface area contributed by atoms with E-state index in [2.05, 4.69) is 4.72 Å². The Morgan fingerprint density at radius 2 is 1.89 bits per heavy atom. The summed E-state index contributed by atoms with van der Waals surface area (Å²) in [5.41, 5.74) is 0. The lowest BCUT2D eigenvalue weighted by Gasteiger charge is -2.22. The van der Waals surface area contributed by atoms with Gasteiger partial charge >= 0.3 is 0 Å². The van der Waals surface area contributed by atoms with Crippen molar-refractivity contribution in [2.45, 2.75) is 43.0 Å². The van der Waals surface area contributed by atoms with Crippen molar-refractivity contribution in [1.29, 1.82) is 0 Å². The Bertz CT molecular complexity index is 439. The summed E-state index contributed by atoms with van der Waals surface area (Å²) in [5, 5.41) is 18.6. The van der Waals surface area contributed by atoms with E-state index < -0.39 is 17.3 Å². The molecule has 1 aliphatic rings. The van der Waals surface area contributed by atoms with Crippen molar-refractivity contribution >= 4 is 23.5 Å². The Morgan fingerprint density at radius 1 is 1.22 bits per heavy atom. The van der Waals surface area contributed by atoms with Crippen LogP contribution in [0.5, 0.6) is 11.5 Å². The molecule has 0 unspecified atom stereocenters. The van der Waals surface area contributed by atoms with Crippen LogP contribution in [0.1, 0.15) is 32.1 Å². The monoisotopic (exact) mass is 291 g/mol. The Hall–Kier alpha value is -0.650. The van der Waals surface area contributed by atoms with Gasteiger partial charge in [0.15, 0.2) is 17.3 Å². The number of hydrogen-bond donors (Lipinski definition) is 3. The molecule has 0 aliphatic heterocycles. The molecule has 0 amide bonds. The third-order valence-electron chi connectivity index (χ3n) is 3.07. The summed E-state index contributed by atoms with van der Waals surface area (Å²) in [5.74, 6) is -2.28. The summed E-state index contributed by atoms with van der Waals surface area (Å²) in [4.78, 5) is 0.384. The van der Waals surface area contributed by atoms with Crippen molar-refractivity contribution in [2.75, 3.05) is 0 Å². The topological polar surface area (TPSA) is 52.5 Å². The van der Waals surface area contributed by atoms with Crippen LogP contribution in [0.4, 0.5) is 4.39 Å². The van der Waals surface area contributed by atoms with Crippen LogP contribution in [0.3, 0.4) is 0 Å². The molecular formula is C12H15ClFNO2S. The molecule has 0 bridgehead atoms. The summed E-state index contributed by atoms with van der Waals surface area (Å²) in [6, 6.07) is 1.51. The molecule has 1 aromatic carbocycles. The largest absolute Gasteiger partial charge is 0.503 e. The lowest BCUT2D eigenvalue weighted by Crippen LogP contribution is -2.25. The van der Waals surface area contributed by atoms with Gasteiger partial charge in [0.1, 0.15) is 5.02 Å². The van der Waals surface area contributed by atoms with Gasteiger partial charge in [-0.2, -0.15) is 0 Å². The Morgan fingerprint density at radius 3 is 2.56 bits per heavy atom. The first kappa shape index (κ1) is 13.8. The van der Waals surface area contributed by atoms with Crippen LogP contribution in [-0.4, -0.2) is 16.3 Å². The molecule has 1 fully saturated rings. The Labute approximate surface area is 114 Å². The number of phenolic OH excluding ortho intramolecular Hbond substituents is 2. The molecule has 0 saturated heterocycles. The highest BCUT2D eigenvalue weighted by Crippen LogP contribution is 2.41. The molecular weight excluding hydrogens is 277 g/mol. The number of phenols is 2. The highest BCUT2D eigenvalue weighted by atomic mass is 35.5. The van der Waals surface area contributed by atoms with Gasteiger partial charge in [-0.3, -0.25) is 4.72 Å². The summed E-state index contributed by atoms with van der Waals surface area (Å²) >= 11 is 7.05. The van der Waals surface area contributed by atoms with Gasteiger partial charge in [-0.15, -0.1) is 0 Å². The number of hydrogen-bond acceptors (Lipinski definition) is 4. The predicted molar refractivity (Wildman–Crippen MR) is 70.6 cm³/mol. The average Bonchev–Trinajstić information content (AvgIpc) is 2.40. The number of benzene rings is 1. The second-order valence-corrected chi connectivity index (χ2v) is 5.68. The Balaban J connectivity index is 2.05. The van der Waals surface area contributed by atoms with Gasteiger partial charge in [-0.05, 0) is 30.9 Å². The highest BCUT2D eigenvalue weighted by molar-refractivity contribution is 7.97. The number of aromatic hydroxyl groups is 2. The normalized spacial score (nSPS) is 17.0. The van der Waals surface area contributed by atoms with E-state index in [0.717, 1.165) is 18.9 Å². The lowest BCUT2D eigenvalue weighted by molar-refractivity contribution is 0.377. The zero-order chi connectivity index (χ0) is 13.1. The maximum atomic E-state index is 13.3. The van der Waals surface area contributed by atoms with Gasteiger partial charge in [0.25, 0.3) is 0 Å². The van der Waals surface area contributed by atoms with Crippen molar-refractivity contribution < 1.29 is 14.6 Å². The standard InChI is InChI=1S/C12H15ClFNO2S/c13-10-9(6-8(14)11(16)12(10)17)18-15-7-4-2-1-3-5-7/h6-7,15-17H,1-5H2. The molecule has 2 rings (SSSR count). The molecule has 0 radical (unpaired) electrons. The van der Waals surface area contributed by atoms with Crippen LogP contribution >= 0.6 is 23.5 Å². The minimum Gasteiger partial charge on any atom is -0.503 e. The van der Waals surface area contributed by atoms with Gasteiger partial charge in [0.2, 0.25) is 0 Å². The molecule has 100 valence electrons. The number of nitrogens with one attached hydrogen (secondary N) is 1. The zero-order valence-electron chi connectivity index (χ0n) is 9.75. The summed E-state index contributed by atoms with van der Waals surface area (Å²) < 4.78 is 16.5. The highest BCUT2D eigenvalue weighted by Gasteiger charge is 2.18. The fourth-order valence-corrected chi connectivity index (χ4v) is 3.16. The second kappa shape index (κ2) is 5.99. The van der Waals surface area contributed by atoms with E-state index in [1.54, 1.807) is 0 Å². The summed E-state index contributed by atoms with van der Waals surface area (Å²) in [6.07, 6.45) is 5.84. The number of halogens is 2. The predicted octanol–water partition coefficient (Wildman–Crippen LogP) is 3.82. The van der Waals surface area contributed by atoms with E-state index in [-0.39, 0.29) is 5.02 Å². The first-order chi connectivity index (χ1) is 8.59. The molecule has 1 saturated carbocycles. The molecule has 18 heavy (non-hydrogen) atoms. The van der Waals surface area contributed by atoms with Gasteiger partial charge in [0.05, 0.1) is 0 Å². The smallest absolute Gasteiger partial charge is 0.195 e. The minimum atomic E-state index is -0.871. The Kier molecular flexibility index (Phi) is 4.59. The van der Waals surface area contributed by atoms with Crippen LogP contribution < -0.4 is 4.72 Å². The van der Waals surface area contributed by atoms with Crippen molar-refractivity contribution in [1.82, 2.24) is 4.72 Å². The quantitative estimate of drug-likeness (QED) is 0.585. The van der Waals surface area contributed by atoms with Crippen LogP contribution in [0.25, 0.3) is 0 Å². The minimum absolute atomic E-state index is 0.0257. The fourth-order valence-electron chi connectivity index (χ4n) is 2.02. The summed E-state index contributed by atoms with van der Waals surface area (Å²) in [6.45, 7) is 0. The van der Waals surface area contributed by atoms with Gasteiger partial charge < -0.3 is 10.2 Å². The molecule has 0 heterocycles. The lowest BCUT2D eigenvalue weighted by atomic mass is 9.96. The van der Waals surface area contributed by atoms with Crippen LogP contribution in [0, 0.1) is 5.82 Å². The van der Waals surface area contributed by atoms with E-state index >= 15 is 0 Å². The van der Waals surface area contributed by atoms with Crippen LogP contribution in [0.15, 0.2) is 11.0 Å². The van der Waals surface area contributed by atoms with Crippen molar-refractivity contribution in [3.8, 4) is 11.5 Å². The first-order valence-electron chi connectivity index (χ1n) is 5.92. The van der Waals surface area contributed by atoms with Crippen LogP contribution in [0.2, 0.25) is 5.02 Å². The molecule has 0 spiro atoms. The van der Waals surface area contributed by atoms with Crippen molar-refractivity contribution in [2.24, 2.45) is 0 Å². The molecule has 3 nitrogen and oxygen atoms in total. The van der Waals surface area contributed by atoms with Crippen LogP contribution in [-0.2, 0) is 0 Å². The van der Waals surface area contributed by atoms with E-state index in [1.807, 2.05) is 0 Å². The maximum Gasteiger partial charge on any atom is 0.195 e. The van der Waals surface area contributed by atoms with Crippen molar-refractivity contribution in [3.63, 3.8) is 0 Å². The SMILES string of the molecule is Oc1c(F)cc(SNC2CCCCC2)c(Cl)c1O. The van der Waals surface area contributed by atoms with Gasteiger partial charge in [-0.25, -0.2) is 4.39 Å². The van der Waals surface area contributed by atoms with E-state index in [9.17, 15) is 14.6 Å². The average molecular weight is 292 g/mol. The van der Waals surface area contributed by atoms with E-state index in [1.165, 1.54) is 31.2 Å². The maximum absolute atomic E-state index is 13.3. The molecule has 0 aromatic heterocycles. The first-order valence-corrected chi connectivity index (χ1v) is 7.11. The third kappa shape index (κ3) is 3.02. The molecule has 1 aliphatic carbocycles. The van der Waals surface area contributed by atoms with Crippen molar-refractivity contribution in [3.05, 3.63) is 16.9 Å². The second-order valence-electron chi connectivity index (χ2n) is 4.42. The molecule has 1 aromatic rings. The van der Waals surface area contributed by atoms with E-state index in [0.29, 0.717) is 10.9 Å². The van der Waals surface area contributed by atoms with Gasteiger partial charge in [0, 0.05) is 10.9 Å². The number of rotatable bonds is 3. The van der Waals surface area contributed by atoms with E-state index in [4.69, 9.17) is 11.6 Å². The molecule has 0 atom stereocenters. The molecule has 6 heteroatoms.